The number of hydrogen-bond donors (Lipinski definition) is 1. The molecule has 1 amide bonds. The topological polar surface area (TPSA) is 60.5 Å². The van der Waals surface area contributed by atoms with E-state index in [-0.39, 0.29) is 6.04 Å². The fourth-order valence-electron chi connectivity index (χ4n) is 1.46. The van der Waals surface area contributed by atoms with Gasteiger partial charge in [0.25, 0.3) is 0 Å². The van der Waals surface area contributed by atoms with Crippen molar-refractivity contribution < 1.29 is 14.3 Å². The van der Waals surface area contributed by atoms with Crippen molar-refractivity contribution in [3.63, 3.8) is 0 Å². The van der Waals surface area contributed by atoms with Crippen LogP contribution >= 0.6 is 0 Å². The van der Waals surface area contributed by atoms with Gasteiger partial charge >= 0.3 is 6.09 Å². The van der Waals surface area contributed by atoms with E-state index in [0.29, 0.717) is 12.2 Å². The third-order valence-electron chi connectivity index (χ3n) is 2.35. The molecule has 0 aliphatic rings. The summed E-state index contributed by atoms with van der Waals surface area (Å²) in [4.78, 5) is 15.6. The first-order valence-corrected chi connectivity index (χ1v) is 6.77. The second kappa shape index (κ2) is 7.53. The zero-order valence-corrected chi connectivity index (χ0v) is 13.2. The van der Waals surface area contributed by atoms with Crippen molar-refractivity contribution in [2.45, 2.75) is 45.8 Å². The lowest BCUT2D eigenvalue weighted by atomic mass is 10.2. The van der Waals surface area contributed by atoms with Gasteiger partial charge in [0.2, 0.25) is 0 Å². The average Bonchev–Trinajstić information content (AvgIpc) is 2.36. The van der Waals surface area contributed by atoms with Crippen molar-refractivity contribution >= 4 is 6.09 Å². The maximum Gasteiger partial charge on any atom is 0.407 e. The Morgan fingerprint density at radius 2 is 2.14 bits per heavy atom. The molecule has 1 atom stereocenters. The molecule has 21 heavy (non-hydrogen) atoms. The normalized spacial score (nSPS) is 11.9. The molecule has 5 nitrogen and oxygen atoms in total. The Balaban J connectivity index is 2.48. The summed E-state index contributed by atoms with van der Waals surface area (Å²) in [7, 11) is 1.58. The minimum atomic E-state index is -0.498. The zero-order chi connectivity index (χ0) is 15.9. The molecule has 0 unspecified atom stereocenters. The highest BCUT2D eigenvalue weighted by Gasteiger charge is 2.17. The van der Waals surface area contributed by atoms with E-state index >= 15 is 0 Å². The number of hydrogen-bond acceptors (Lipinski definition) is 4. The molecule has 5 heteroatoms. The smallest absolute Gasteiger partial charge is 0.407 e. The van der Waals surface area contributed by atoms with E-state index in [4.69, 9.17) is 9.47 Å². The van der Waals surface area contributed by atoms with E-state index in [1.54, 1.807) is 19.5 Å². The van der Waals surface area contributed by atoms with E-state index in [0.717, 1.165) is 5.56 Å². The van der Waals surface area contributed by atoms with Crippen molar-refractivity contribution in [1.29, 1.82) is 0 Å². The van der Waals surface area contributed by atoms with Crippen LogP contribution in [0.5, 0.6) is 5.75 Å². The summed E-state index contributed by atoms with van der Waals surface area (Å²) in [5.41, 5.74) is 0.278. The third kappa shape index (κ3) is 7.21. The summed E-state index contributed by atoms with van der Waals surface area (Å²) in [6.45, 7) is 7.36. The van der Waals surface area contributed by atoms with E-state index < -0.39 is 11.7 Å². The van der Waals surface area contributed by atoms with Crippen LogP contribution in [0.15, 0.2) is 18.5 Å². The first-order chi connectivity index (χ1) is 9.80. The molecule has 0 aliphatic heterocycles. The van der Waals surface area contributed by atoms with Crippen LogP contribution in [0.1, 0.15) is 39.7 Å². The number of methoxy groups -OCH3 is 1. The minimum absolute atomic E-state index is 0.0917. The monoisotopic (exact) mass is 290 g/mol. The van der Waals surface area contributed by atoms with Gasteiger partial charge < -0.3 is 14.8 Å². The lowest BCUT2D eigenvalue weighted by Crippen LogP contribution is -2.37. The van der Waals surface area contributed by atoms with Crippen LogP contribution in [-0.2, 0) is 4.74 Å². The van der Waals surface area contributed by atoms with Crippen LogP contribution in [0, 0.1) is 11.8 Å². The third-order valence-corrected chi connectivity index (χ3v) is 2.35. The number of nitrogens with one attached hydrogen (secondary N) is 1. The van der Waals surface area contributed by atoms with E-state index in [2.05, 4.69) is 22.1 Å². The number of alkyl carbamates (subject to hydrolysis) is 1. The Morgan fingerprint density at radius 1 is 1.43 bits per heavy atom. The summed E-state index contributed by atoms with van der Waals surface area (Å²) in [6.07, 6.45) is 3.38. The largest absolute Gasteiger partial charge is 0.495 e. The number of aromatic nitrogens is 1. The molecule has 1 aromatic heterocycles. The predicted molar refractivity (Wildman–Crippen MR) is 81.1 cm³/mol. The second-order valence-electron chi connectivity index (χ2n) is 5.67. The van der Waals surface area contributed by atoms with Gasteiger partial charge in [0.15, 0.2) is 0 Å². The number of pyridine rings is 1. The van der Waals surface area contributed by atoms with Gasteiger partial charge in [-0.15, -0.1) is 0 Å². The van der Waals surface area contributed by atoms with Crippen molar-refractivity contribution in [2.24, 2.45) is 0 Å². The molecule has 0 saturated heterocycles. The number of rotatable bonds is 3. The minimum Gasteiger partial charge on any atom is -0.495 e. The summed E-state index contributed by atoms with van der Waals surface area (Å²) >= 11 is 0. The molecule has 0 saturated carbocycles. The van der Waals surface area contributed by atoms with Crippen molar-refractivity contribution in [2.75, 3.05) is 7.11 Å². The highest BCUT2D eigenvalue weighted by molar-refractivity contribution is 5.68. The van der Waals surface area contributed by atoms with Gasteiger partial charge in [-0.1, -0.05) is 11.8 Å². The van der Waals surface area contributed by atoms with Crippen LogP contribution in [-0.4, -0.2) is 29.8 Å². The van der Waals surface area contributed by atoms with Crippen LogP contribution in [0.2, 0.25) is 0 Å². The fraction of sp³-hybridized carbons (Fsp3) is 0.500. The molecule has 0 aliphatic carbocycles. The summed E-state index contributed by atoms with van der Waals surface area (Å²) in [5.74, 6) is 6.66. The van der Waals surface area contributed by atoms with E-state index in [1.165, 1.54) is 0 Å². The molecule has 1 N–H and O–H groups in total. The summed E-state index contributed by atoms with van der Waals surface area (Å²) in [5, 5.41) is 2.74. The Bertz CT molecular complexity index is 538. The molecule has 0 radical (unpaired) electrons. The summed E-state index contributed by atoms with van der Waals surface area (Å²) in [6, 6.07) is 1.72. The maximum absolute atomic E-state index is 11.6. The molecule has 1 heterocycles. The van der Waals surface area contributed by atoms with Gasteiger partial charge in [-0.3, -0.25) is 4.98 Å². The molecular weight excluding hydrogens is 268 g/mol. The van der Waals surface area contributed by atoms with Gasteiger partial charge in [-0.05, 0) is 33.8 Å². The number of ether oxygens (including phenoxy) is 2. The summed E-state index contributed by atoms with van der Waals surface area (Å²) < 4.78 is 10.3. The molecule has 1 aromatic rings. The fourth-order valence-corrected chi connectivity index (χ4v) is 1.46. The number of carbonyl (C=O) groups excluding carboxylic acids is 1. The van der Waals surface area contributed by atoms with Gasteiger partial charge in [-0.2, -0.15) is 0 Å². The molecule has 0 fully saturated rings. The number of carbonyl (C=O) groups is 1. The predicted octanol–water partition coefficient (Wildman–Crippen LogP) is 2.75. The molecule has 0 aromatic carbocycles. The SMILES string of the molecule is COc1cncc(C#CC[C@H](C)NC(=O)OC(C)(C)C)c1. The molecule has 114 valence electrons. The lowest BCUT2D eigenvalue weighted by Gasteiger charge is -2.21. The second-order valence-corrected chi connectivity index (χ2v) is 5.67. The van der Waals surface area contributed by atoms with Gasteiger partial charge in [0.1, 0.15) is 11.4 Å². The van der Waals surface area contributed by atoms with E-state index in [1.807, 2.05) is 33.8 Å². The molecular formula is C16H22N2O3. The average molecular weight is 290 g/mol. The highest BCUT2D eigenvalue weighted by Crippen LogP contribution is 2.09. The van der Waals surface area contributed by atoms with Crippen LogP contribution in [0.25, 0.3) is 0 Å². The Kier molecular flexibility index (Phi) is 6.04. The van der Waals surface area contributed by atoms with Crippen molar-refractivity contribution in [1.82, 2.24) is 10.3 Å². The highest BCUT2D eigenvalue weighted by atomic mass is 16.6. The number of amides is 1. The zero-order valence-electron chi connectivity index (χ0n) is 13.2. The van der Waals surface area contributed by atoms with Crippen LogP contribution in [0.4, 0.5) is 4.79 Å². The molecule has 0 bridgehead atoms. The van der Waals surface area contributed by atoms with Crippen LogP contribution in [0.3, 0.4) is 0 Å². The number of nitrogens with zero attached hydrogens (tertiary/aromatic N) is 1. The van der Waals surface area contributed by atoms with Gasteiger partial charge in [0.05, 0.1) is 13.3 Å². The first kappa shape index (κ1) is 16.8. The molecule has 0 spiro atoms. The van der Waals surface area contributed by atoms with Crippen molar-refractivity contribution in [3.8, 4) is 17.6 Å². The Hall–Kier alpha value is -2.22. The van der Waals surface area contributed by atoms with E-state index in [9.17, 15) is 4.79 Å². The Labute approximate surface area is 126 Å². The first-order valence-electron chi connectivity index (χ1n) is 6.77. The van der Waals surface area contributed by atoms with Gasteiger partial charge in [-0.25, -0.2) is 4.79 Å². The van der Waals surface area contributed by atoms with Gasteiger partial charge in [0, 0.05) is 24.2 Å². The lowest BCUT2D eigenvalue weighted by molar-refractivity contribution is 0.0509. The van der Waals surface area contributed by atoms with Crippen molar-refractivity contribution in [3.05, 3.63) is 24.0 Å². The van der Waals surface area contributed by atoms with Crippen LogP contribution < -0.4 is 10.1 Å². The molecule has 1 rings (SSSR count). The standard InChI is InChI=1S/C16H22N2O3/c1-12(18-15(19)21-16(2,3)4)7-6-8-13-9-14(20-5)11-17-10-13/h9-12H,7H2,1-5H3,(H,18,19)/t12-/m0/s1. The maximum atomic E-state index is 11.6. The quantitative estimate of drug-likeness (QED) is 0.870. The Morgan fingerprint density at radius 3 is 2.76 bits per heavy atom.